The second kappa shape index (κ2) is 6.48. The molecule has 3 aromatic heterocycles. The van der Waals surface area contributed by atoms with Crippen LogP contribution in [0, 0.1) is 25.5 Å². The molecule has 0 bridgehead atoms. The monoisotopic (exact) mass is 386 g/mol. The number of rotatable bonds is 2. The second-order valence-electron chi connectivity index (χ2n) is 7.08. The topological polar surface area (TPSA) is 38.9 Å². The predicted octanol–water partition coefficient (Wildman–Crippen LogP) is 6.61. The number of hydrogen-bond donors (Lipinski definition) is 0. The highest BCUT2D eigenvalue weighted by atomic mass is 19.2. The number of pyridine rings is 2. The molecule has 0 spiro atoms. The van der Waals surface area contributed by atoms with E-state index in [0.29, 0.717) is 22.6 Å². The van der Waals surface area contributed by atoms with Crippen molar-refractivity contribution < 1.29 is 13.2 Å². The van der Waals surface area contributed by atoms with Crippen LogP contribution in [0.4, 0.5) is 8.78 Å². The van der Waals surface area contributed by atoms with Crippen LogP contribution in [0.25, 0.3) is 44.6 Å². The van der Waals surface area contributed by atoms with Crippen molar-refractivity contribution in [2.24, 2.45) is 0 Å². The Kier molecular flexibility index (Phi) is 3.91. The highest BCUT2D eigenvalue weighted by Crippen LogP contribution is 2.36. The van der Waals surface area contributed by atoms with Crippen molar-refractivity contribution in [1.82, 2.24) is 9.97 Å². The van der Waals surface area contributed by atoms with E-state index in [2.05, 4.69) is 31.0 Å². The van der Waals surface area contributed by atoms with Gasteiger partial charge in [-0.2, -0.15) is 0 Å². The highest BCUT2D eigenvalue weighted by Gasteiger charge is 2.16. The van der Waals surface area contributed by atoms with E-state index in [1.165, 1.54) is 0 Å². The van der Waals surface area contributed by atoms with Crippen molar-refractivity contribution in [3.63, 3.8) is 0 Å². The SMILES string of the molecule is Cc1cccc(C)c1-c1ccc2c(n1)oc1c(-c3cc(F)c(F)cn3)cccc12. The predicted molar refractivity (Wildman–Crippen MR) is 110 cm³/mol. The Hall–Kier alpha value is -3.60. The average Bonchev–Trinajstić information content (AvgIpc) is 3.08. The van der Waals surface area contributed by atoms with Gasteiger partial charge < -0.3 is 4.42 Å². The standard InChI is InChI=1S/C24H16F2N2O/c1-13-5-3-6-14(2)22(13)20-10-9-16-15-7-4-8-17(23(15)29-24(16)28-20)21-11-18(25)19(26)12-27-21/h3-12H,1-2H3. The van der Waals surface area contributed by atoms with Gasteiger partial charge in [-0.25, -0.2) is 13.8 Å². The van der Waals surface area contributed by atoms with Crippen molar-refractivity contribution in [2.45, 2.75) is 13.8 Å². The molecule has 3 nitrogen and oxygen atoms in total. The number of benzene rings is 2. The van der Waals surface area contributed by atoms with Gasteiger partial charge >= 0.3 is 0 Å². The first kappa shape index (κ1) is 17.5. The quantitative estimate of drug-likeness (QED) is 0.343. The third kappa shape index (κ3) is 2.78. The second-order valence-corrected chi connectivity index (χ2v) is 7.08. The van der Waals surface area contributed by atoms with E-state index in [1.807, 2.05) is 30.3 Å². The molecule has 0 N–H and O–H groups in total. The number of nitrogens with zero attached hydrogens (tertiary/aromatic N) is 2. The lowest BCUT2D eigenvalue weighted by Gasteiger charge is -2.08. The van der Waals surface area contributed by atoms with Crippen LogP contribution in [0.3, 0.4) is 0 Å². The van der Waals surface area contributed by atoms with Crippen LogP contribution in [-0.2, 0) is 0 Å². The number of halogens is 2. The van der Waals surface area contributed by atoms with Gasteiger partial charge in [-0.15, -0.1) is 0 Å². The molecule has 142 valence electrons. The zero-order valence-corrected chi connectivity index (χ0v) is 15.8. The summed E-state index contributed by atoms with van der Waals surface area (Å²) >= 11 is 0. The molecule has 0 unspecified atom stereocenters. The lowest BCUT2D eigenvalue weighted by atomic mass is 9.99. The van der Waals surface area contributed by atoms with Crippen LogP contribution in [0.5, 0.6) is 0 Å². The third-order valence-corrected chi connectivity index (χ3v) is 5.19. The van der Waals surface area contributed by atoms with Crippen LogP contribution < -0.4 is 0 Å². The van der Waals surface area contributed by atoms with Crippen LogP contribution in [-0.4, -0.2) is 9.97 Å². The number of fused-ring (bicyclic) bond motifs is 3. The molecule has 0 aliphatic rings. The maximum atomic E-state index is 13.7. The molecule has 0 fully saturated rings. The number of furan rings is 1. The van der Waals surface area contributed by atoms with Gasteiger partial charge in [-0.1, -0.05) is 30.3 Å². The molecule has 0 atom stereocenters. The Morgan fingerprint density at radius 3 is 2.31 bits per heavy atom. The summed E-state index contributed by atoms with van der Waals surface area (Å²) in [6.07, 6.45) is 0.878. The largest absolute Gasteiger partial charge is 0.437 e. The minimum atomic E-state index is -0.981. The summed E-state index contributed by atoms with van der Waals surface area (Å²) in [4.78, 5) is 8.77. The zero-order valence-electron chi connectivity index (χ0n) is 15.8. The summed E-state index contributed by atoms with van der Waals surface area (Å²) < 4.78 is 33.1. The highest BCUT2D eigenvalue weighted by molar-refractivity contribution is 6.08. The fourth-order valence-electron chi connectivity index (χ4n) is 3.80. The molecule has 5 aromatic rings. The van der Waals surface area contributed by atoms with E-state index < -0.39 is 11.6 Å². The smallest absolute Gasteiger partial charge is 0.227 e. The molecule has 5 heteroatoms. The number of aromatic nitrogens is 2. The molecular weight excluding hydrogens is 370 g/mol. The summed E-state index contributed by atoms with van der Waals surface area (Å²) in [7, 11) is 0. The molecule has 2 aromatic carbocycles. The van der Waals surface area contributed by atoms with Crippen LogP contribution in [0.2, 0.25) is 0 Å². The van der Waals surface area contributed by atoms with E-state index in [9.17, 15) is 8.78 Å². The van der Waals surface area contributed by atoms with E-state index in [0.717, 1.165) is 45.4 Å². The zero-order chi connectivity index (χ0) is 20.1. The molecule has 0 aliphatic heterocycles. The Bertz CT molecular complexity index is 1390. The first-order chi connectivity index (χ1) is 14.0. The van der Waals surface area contributed by atoms with Crippen LogP contribution in [0.15, 0.2) is 65.2 Å². The fraction of sp³-hybridized carbons (Fsp3) is 0.0833. The molecule has 0 saturated heterocycles. The molecule has 0 saturated carbocycles. The number of hydrogen-bond acceptors (Lipinski definition) is 3. The van der Waals surface area contributed by atoms with Crippen molar-refractivity contribution in [1.29, 1.82) is 0 Å². The Morgan fingerprint density at radius 1 is 0.793 bits per heavy atom. The average molecular weight is 386 g/mol. The van der Waals surface area contributed by atoms with E-state index >= 15 is 0 Å². The molecule has 0 radical (unpaired) electrons. The Morgan fingerprint density at radius 2 is 1.55 bits per heavy atom. The minimum Gasteiger partial charge on any atom is -0.437 e. The maximum Gasteiger partial charge on any atom is 0.227 e. The molecule has 5 rings (SSSR count). The van der Waals surface area contributed by atoms with Gasteiger partial charge in [0.25, 0.3) is 0 Å². The number of para-hydroxylation sites is 1. The van der Waals surface area contributed by atoms with Gasteiger partial charge in [-0.3, -0.25) is 4.98 Å². The van der Waals surface area contributed by atoms with Gasteiger partial charge in [0.05, 0.1) is 17.6 Å². The lowest BCUT2D eigenvalue weighted by Crippen LogP contribution is -1.90. The Balaban J connectivity index is 1.74. The summed E-state index contributed by atoms with van der Waals surface area (Å²) in [6.45, 7) is 4.11. The lowest BCUT2D eigenvalue weighted by molar-refractivity contribution is 0.504. The third-order valence-electron chi connectivity index (χ3n) is 5.19. The minimum absolute atomic E-state index is 0.309. The first-order valence-corrected chi connectivity index (χ1v) is 9.23. The van der Waals surface area contributed by atoms with Crippen molar-refractivity contribution >= 4 is 22.1 Å². The molecule has 29 heavy (non-hydrogen) atoms. The van der Waals surface area contributed by atoms with E-state index in [4.69, 9.17) is 9.40 Å². The maximum absolute atomic E-state index is 13.7. The Labute approximate surface area is 165 Å². The van der Waals surface area contributed by atoms with Crippen molar-refractivity contribution in [2.75, 3.05) is 0 Å². The van der Waals surface area contributed by atoms with Gasteiger partial charge in [0.15, 0.2) is 11.6 Å². The van der Waals surface area contributed by atoms with Gasteiger partial charge in [0.1, 0.15) is 5.58 Å². The summed E-state index contributed by atoms with van der Waals surface area (Å²) in [5, 5.41) is 1.71. The molecule has 3 heterocycles. The first-order valence-electron chi connectivity index (χ1n) is 9.23. The van der Waals surface area contributed by atoms with Crippen LogP contribution in [0.1, 0.15) is 11.1 Å². The summed E-state index contributed by atoms with van der Waals surface area (Å²) in [5.41, 5.74) is 6.13. The number of aryl methyl sites for hydroxylation is 2. The van der Waals surface area contributed by atoms with Crippen molar-refractivity contribution in [3.8, 4) is 22.5 Å². The molecule has 0 amide bonds. The summed E-state index contributed by atoms with van der Waals surface area (Å²) in [5.74, 6) is -1.93. The fourth-order valence-corrected chi connectivity index (χ4v) is 3.80. The van der Waals surface area contributed by atoms with E-state index in [1.54, 1.807) is 6.07 Å². The van der Waals surface area contributed by atoms with Crippen molar-refractivity contribution in [3.05, 3.63) is 83.6 Å². The normalized spacial score (nSPS) is 11.4. The van der Waals surface area contributed by atoms with E-state index in [-0.39, 0.29) is 0 Å². The molecule has 0 aliphatic carbocycles. The summed E-state index contributed by atoms with van der Waals surface area (Å²) in [6, 6.07) is 16.7. The van der Waals surface area contributed by atoms with Gasteiger partial charge in [0, 0.05) is 28.0 Å². The van der Waals surface area contributed by atoms with Crippen LogP contribution >= 0.6 is 0 Å². The molecular formula is C24H16F2N2O. The van der Waals surface area contributed by atoms with Gasteiger partial charge in [0.2, 0.25) is 5.71 Å². The van der Waals surface area contributed by atoms with Gasteiger partial charge in [-0.05, 0) is 43.2 Å².